The van der Waals surface area contributed by atoms with Crippen molar-refractivity contribution in [3.8, 4) is 34.2 Å². The molecule has 0 saturated carbocycles. The molecule has 4 rings (SSSR count). The largest absolute Gasteiger partial charge is 0.388 e. The maximum Gasteiger partial charge on any atom is 0.164 e. The average Bonchev–Trinajstić information content (AvgIpc) is 2.88. The Labute approximate surface area is 188 Å². The zero-order chi connectivity index (χ0) is 22.5. The van der Waals surface area contributed by atoms with Crippen LogP contribution in [0, 0.1) is 0 Å². The molecule has 7 heteroatoms. The van der Waals surface area contributed by atoms with E-state index in [-0.39, 0.29) is 0 Å². The summed E-state index contributed by atoms with van der Waals surface area (Å²) in [6.45, 7) is 0. The summed E-state index contributed by atoms with van der Waals surface area (Å²) >= 11 is 0. The third-order valence-electron chi connectivity index (χ3n) is 5.20. The minimum Gasteiger partial charge on any atom is -0.388 e. The molecule has 162 valence electrons. The minimum atomic E-state index is 0.614. The van der Waals surface area contributed by atoms with Gasteiger partial charge < -0.3 is 21.3 Å². The van der Waals surface area contributed by atoms with E-state index in [1.807, 2.05) is 94.9 Å². The second-order valence-corrected chi connectivity index (χ2v) is 7.27. The van der Waals surface area contributed by atoms with Crippen molar-refractivity contribution in [2.75, 3.05) is 49.5 Å². The Balaban J connectivity index is 1.94. The summed E-state index contributed by atoms with van der Waals surface area (Å²) in [5.74, 6) is 1.86. The monoisotopic (exact) mass is 425 g/mol. The lowest BCUT2D eigenvalue weighted by Crippen LogP contribution is -2.02. The van der Waals surface area contributed by atoms with Crippen LogP contribution in [0.4, 0.5) is 22.7 Å². The fraction of sp³-hybridized carbons (Fsp3) is 0.160. The minimum absolute atomic E-state index is 0.614. The van der Waals surface area contributed by atoms with Crippen molar-refractivity contribution < 1.29 is 0 Å². The lowest BCUT2D eigenvalue weighted by atomic mass is 10.1. The van der Waals surface area contributed by atoms with Gasteiger partial charge in [0, 0.05) is 67.6 Å². The number of benzene rings is 3. The van der Waals surface area contributed by atoms with E-state index in [0.717, 1.165) is 39.4 Å². The van der Waals surface area contributed by atoms with Gasteiger partial charge in [0.15, 0.2) is 17.5 Å². The lowest BCUT2D eigenvalue weighted by Gasteiger charge is -2.13. The molecule has 0 aliphatic heterocycles. The third kappa shape index (κ3) is 4.46. The van der Waals surface area contributed by atoms with Gasteiger partial charge in [0.1, 0.15) is 0 Å². The number of hydrogen-bond acceptors (Lipinski definition) is 7. The van der Waals surface area contributed by atoms with Crippen molar-refractivity contribution in [1.82, 2.24) is 15.0 Å². The Hall–Kier alpha value is -4.13. The van der Waals surface area contributed by atoms with Gasteiger partial charge >= 0.3 is 0 Å². The van der Waals surface area contributed by atoms with Crippen LogP contribution in [0.15, 0.2) is 66.7 Å². The van der Waals surface area contributed by atoms with Crippen LogP contribution in [-0.4, -0.2) is 43.1 Å². The second-order valence-electron chi connectivity index (χ2n) is 7.27. The highest BCUT2D eigenvalue weighted by Crippen LogP contribution is 2.30. The van der Waals surface area contributed by atoms with Crippen molar-refractivity contribution in [2.45, 2.75) is 0 Å². The molecule has 0 aliphatic carbocycles. The Kier molecular flexibility index (Phi) is 6.17. The van der Waals surface area contributed by atoms with E-state index < -0.39 is 0 Å². The van der Waals surface area contributed by atoms with Crippen LogP contribution in [0.2, 0.25) is 0 Å². The van der Waals surface area contributed by atoms with Gasteiger partial charge in [-0.25, -0.2) is 15.0 Å². The molecule has 0 fully saturated rings. The number of aromatic nitrogens is 3. The van der Waals surface area contributed by atoms with Crippen LogP contribution in [-0.2, 0) is 0 Å². The maximum absolute atomic E-state index is 4.87. The third-order valence-corrected chi connectivity index (χ3v) is 5.20. The first kappa shape index (κ1) is 21.1. The molecule has 0 saturated heterocycles. The van der Waals surface area contributed by atoms with Crippen molar-refractivity contribution >= 4 is 22.7 Å². The molecule has 0 unspecified atom stereocenters. The molecule has 3 aromatic carbocycles. The smallest absolute Gasteiger partial charge is 0.164 e. The average molecular weight is 426 g/mol. The van der Waals surface area contributed by atoms with E-state index in [2.05, 4.69) is 21.3 Å². The predicted molar refractivity (Wildman–Crippen MR) is 134 cm³/mol. The number of nitrogens with one attached hydrogen (secondary N) is 4. The number of hydrogen-bond donors (Lipinski definition) is 4. The standard InChI is InChI=1S/C25H27N7/c1-26-19-10-17(11-20(14-19)27-2)24-30-23(16-8-6-5-7-9-16)31-25(32-24)18-12-21(28-3)15-22(13-18)29-4/h5-15,26-29H,1-4H3. The maximum atomic E-state index is 4.87. The SMILES string of the molecule is CNc1cc(NC)cc(-c2nc(-c3ccccc3)nc(-c3cc(NC)cc(NC)c3)n2)c1. The molecule has 0 bridgehead atoms. The van der Waals surface area contributed by atoms with Gasteiger partial charge in [-0.15, -0.1) is 0 Å². The van der Waals surface area contributed by atoms with E-state index in [1.54, 1.807) is 0 Å². The molecule has 0 radical (unpaired) electrons. The van der Waals surface area contributed by atoms with E-state index in [4.69, 9.17) is 15.0 Å². The van der Waals surface area contributed by atoms with Crippen LogP contribution >= 0.6 is 0 Å². The van der Waals surface area contributed by atoms with Crippen LogP contribution in [0.25, 0.3) is 34.2 Å². The summed E-state index contributed by atoms with van der Waals surface area (Å²) in [6.07, 6.45) is 0. The van der Waals surface area contributed by atoms with Gasteiger partial charge in [-0.2, -0.15) is 0 Å². The van der Waals surface area contributed by atoms with Gasteiger partial charge in [0.25, 0.3) is 0 Å². The Morgan fingerprint density at radius 3 is 1.12 bits per heavy atom. The van der Waals surface area contributed by atoms with Crippen LogP contribution < -0.4 is 21.3 Å². The summed E-state index contributed by atoms with van der Waals surface area (Å²) in [6, 6.07) is 22.2. The molecule has 0 aliphatic rings. The van der Waals surface area contributed by atoms with E-state index in [1.165, 1.54) is 0 Å². The van der Waals surface area contributed by atoms with E-state index in [0.29, 0.717) is 17.5 Å². The quantitative estimate of drug-likeness (QED) is 0.330. The number of rotatable bonds is 7. The van der Waals surface area contributed by atoms with E-state index >= 15 is 0 Å². The van der Waals surface area contributed by atoms with Crippen molar-refractivity contribution in [1.29, 1.82) is 0 Å². The summed E-state index contributed by atoms with van der Waals surface area (Å²) in [7, 11) is 7.59. The molecular formula is C25H27N7. The van der Waals surface area contributed by atoms with Crippen LogP contribution in [0.5, 0.6) is 0 Å². The summed E-state index contributed by atoms with van der Waals surface area (Å²) in [5.41, 5.74) is 6.65. The molecule has 4 aromatic rings. The molecule has 7 nitrogen and oxygen atoms in total. The summed E-state index contributed by atoms with van der Waals surface area (Å²) in [4.78, 5) is 14.5. The Morgan fingerprint density at radius 2 is 0.781 bits per heavy atom. The molecular weight excluding hydrogens is 398 g/mol. The molecule has 0 spiro atoms. The fourth-order valence-corrected chi connectivity index (χ4v) is 3.44. The number of anilines is 4. The summed E-state index contributed by atoms with van der Waals surface area (Å²) in [5, 5.41) is 12.8. The van der Waals surface area contributed by atoms with E-state index in [9.17, 15) is 0 Å². The fourth-order valence-electron chi connectivity index (χ4n) is 3.44. The molecule has 0 atom stereocenters. The highest BCUT2D eigenvalue weighted by Gasteiger charge is 2.14. The predicted octanol–water partition coefficient (Wildman–Crippen LogP) is 5.04. The number of nitrogens with zero attached hydrogens (tertiary/aromatic N) is 3. The first-order valence-corrected chi connectivity index (χ1v) is 10.5. The second kappa shape index (κ2) is 9.34. The lowest BCUT2D eigenvalue weighted by molar-refractivity contribution is 1.07. The Morgan fingerprint density at radius 1 is 0.438 bits per heavy atom. The zero-order valence-corrected chi connectivity index (χ0v) is 18.7. The molecule has 4 N–H and O–H groups in total. The van der Waals surface area contributed by atoms with Gasteiger partial charge in [-0.3, -0.25) is 0 Å². The van der Waals surface area contributed by atoms with Crippen LogP contribution in [0.3, 0.4) is 0 Å². The molecule has 0 amide bonds. The molecule has 1 aromatic heterocycles. The van der Waals surface area contributed by atoms with Crippen molar-refractivity contribution in [2.24, 2.45) is 0 Å². The molecule has 1 heterocycles. The highest BCUT2D eigenvalue weighted by molar-refractivity contribution is 5.75. The highest BCUT2D eigenvalue weighted by atomic mass is 15.0. The zero-order valence-electron chi connectivity index (χ0n) is 18.7. The van der Waals surface area contributed by atoms with Gasteiger partial charge in [-0.1, -0.05) is 30.3 Å². The molecule has 32 heavy (non-hydrogen) atoms. The normalized spacial score (nSPS) is 10.5. The first-order valence-electron chi connectivity index (χ1n) is 10.5. The summed E-state index contributed by atoms with van der Waals surface area (Å²) < 4.78 is 0. The van der Waals surface area contributed by atoms with Gasteiger partial charge in [0.2, 0.25) is 0 Å². The first-order chi connectivity index (χ1) is 15.6. The van der Waals surface area contributed by atoms with Crippen molar-refractivity contribution in [3.05, 3.63) is 66.7 Å². The van der Waals surface area contributed by atoms with Gasteiger partial charge in [-0.05, 0) is 36.4 Å². The van der Waals surface area contributed by atoms with Crippen LogP contribution in [0.1, 0.15) is 0 Å². The Bertz CT molecular complexity index is 1100. The topological polar surface area (TPSA) is 86.8 Å². The van der Waals surface area contributed by atoms with Crippen molar-refractivity contribution in [3.63, 3.8) is 0 Å². The van der Waals surface area contributed by atoms with Gasteiger partial charge in [0.05, 0.1) is 0 Å².